The van der Waals surface area contributed by atoms with Crippen LogP contribution in [0.5, 0.6) is 0 Å². The first-order valence-corrected chi connectivity index (χ1v) is 9.57. The molecule has 0 bridgehead atoms. The summed E-state index contributed by atoms with van der Waals surface area (Å²) in [5.74, 6) is -0.107. The first-order valence-electron chi connectivity index (χ1n) is 9.57. The summed E-state index contributed by atoms with van der Waals surface area (Å²) in [5, 5.41) is 2.92. The summed E-state index contributed by atoms with van der Waals surface area (Å²) in [4.78, 5) is 29.3. The second-order valence-electron chi connectivity index (χ2n) is 7.12. The van der Waals surface area contributed by atoms with Crippen LogP contribution in [0.4, 0.5) is 0 Å². The number of nitrogens with one attached hydrogen (secondary N) is 1. The standard InChI is InChI=1S/C22H23N3O3/c1-15-22(27)25(20-7-3-2-6-19(20)24-15)14-16-8-10-17(11-9-16)21(26)23-13-18-5-4-12-28-18/h2-3,6-11,18H,4-5,12-14H2,1H3,(H,23,26)/t18-/m0/s1. The van der Waals surface area contributed by atoms with Crippen molar-refractivity contribution in [3.63, 3.8) is 0 Å². The SMILES string of the molecule is Cc1nc2ccccc2n(Cc2ccc(C(=O)NC[C@@H]3CCCO3)cc2)c1=O. The molecule has 2 heterocycles. The van der Waals surface area contributed by atoms with E-state index in [1.807, 2.05) is 36.4 Å². The van der Waals surface area contributed by atoms with Gasteiger partial charge in [0.1, 0.15) is 5.69 Å². The number of aromatic nitrogens is 2. The van der Waals surface area contributed by atoms with Gasteiger partial charge in [-0.15, -0.1) is 0 Å². The zero-order valence-electron chi connectivity index (χ0n) is 15.9. The highest BCUT2D eigenvalue weighted by Crippen LogP contribution is 2.14. The minimum atomic E-state index is -0.107. The number of nitrogens with zero attached hydrogens (tertiary/aromatic N) is 2. The van der Waals surface area contributed by atoms with E-state index in [0.717, 1.165) is 36.0 Å². The summed E-state index contributed by atoms with van der Waals surface area (Å²) < 4.78 is 7.25. The van der Waals surface area contributed by atoms with E-state index >= 15 is 0 Å². The van der Waals surface area contributed by atoms with Crippen LogP contribution in [-0.2, 0) is 11.3 Å². The molecule has 1 atom stereocenters. The topological polar surface area (TPSA) is 73.2 Å². The average molecular weight is 377 g/mol. The van der Waals surface area contributed by atoms with E-state index in [1.54, 1.807) is 23.6 Å². The molecule has 0 saturated carbocycles. The molecule has 28 heavy (non-hydrogen) atoms. The summed E-state index contributed by atoms with van der Waals surface area (Å²) in [5.41, 5.74) is 3.53. The Hall–Kier alpha value is -2.99. The number of fused-ring (bicyclic) bond motifs is 1. The fraction of sp³-hybridized carbons (Fsp3) is 0.318. The lowest BCUT2D eigenvalue weighted by atomic mass is 10.1. The largest absolute Gasteiger partial charge is 0.376 e. The molecule has 1 N–H and O–H groups in total. The van der Waals surface area contributed by atoms with Crippen molar-refractivity contribution in [1.82, 2.24) is 14.9 Å². The van der Waals surface area contributed by atoms with Gasteiger partial charge in [-0.3, -0.25) is 9.59 Å². The van der Waals surface area contributed by atoms with Gasteiger partial charge in [0, 0.05) is 18.7 Å². The van der Waals surface area contributed by atoms with E-state index in [0.29, 0.717) is 24.3 Å². The molecule has 0 aliphatic carbocycles. The average Bonchev–Trinajstić information content (AvgIpc) is 3.24. The third-order valence-electron chi connectivity index (χ3n) is 5.09. The van der Waals surface area contributed by atoms with Crippen molar-refractivity contribution < 1.29 is 9.53 Å². The van der Waals surface area contributed by atoms with Crippen LogP contribution in [0, 0.1) is 6.92 Å². The molecule has 6 nitrogen and oxygen atoms in total. The maximum Gasteiger partial charge on any atom is 0.272 e. The van der Waals surface area contributed by atoms with E-state index in [1.165, 1.54) is 0 Å². The molecule has 1 aromatic heterocycles. The number of hydrogen-bond acceptors (Lipinski definition) is 4. The first kappa shape index (κ1) is 18.4. The predicted octanol–water partition coefficient (Wildman–Crippen LogP) is 2.66. The van der Waals surface area contributed by atoms with Crippen LogP contribution in [0.25, 0.3) is 11.0 Å². The van der Waals surface area contributed by atoms with Gasteiger partial charge in [-0.05, 0) is 49.6 Å². The molecule has 144 valence electrons. The number of rotatable bonds is 5. The summed E-state index contributed by atoms with van der Waals surface area (Å²) in [6.45, 7) is 3.48. The van der Waals surface area contributed by atoms with Crippen molar-refractivity contribution in [3.05, 3.63) is 75.7 Å². The Bertz CT molecular complexity index is 1050. The van der Waals surface area contributed by atoms with E-state index in [4.69, 9.17) is 4.74 Å². The highest BCUT2D eigenvalue weighted by molar-refractivity contribution is 5.94. The van der Waals surface area contributed by atoms with Crippen LogP contribution in [-0.4, -0.2) is 34.7 Å². The molecular weight excluding hydrogens is 354 g/mol. The molecule has 1 saturated heterocycles. The monoisotopic (exact) mass is 377 g/mol. The molecular formula is C22H23N3O3. The minimum absolute atomic E-state index is 0.0999. The number of aryl methyl sites for hydroxylation is 1. The highest BCUT2D eigenvalue weighted by Gasteiger charge is 2.16. The van der Waals surface area contributed by atoms with Crippen molar-refractivity contribution in [2.45, 2.75) is 32.4 Å². The number of benzene rings is 2. The second-order valence-corrected chi connectivity index (χ2v) is 7.12. The van der Waals surface area contributed by atoms with Crippen LogP contribution in [0.2, 0.25) is 0 Å². The molecule has 3 aromatic rings. The fourth-order valence-corrected chi connectivity index (χ4v) is 3.54. The lowest BCUT2D eigenvalue weighted by Gasteiger charge is -2.12. The van der Waals surface area contributed by atoms with Gasteiger partial charge in [0.25, 0.3) is 11.5 Å². The van der Waals surface area contributed by atoms with Gasteiger partial charge in [-0.2, -0.15) is 0 Å². The zero-order valence-corrected chi connectivity index (χ0v) is 15.9. The molecule has 1 aliphatic heterocycles. The first-order chi connectivity index (χ1) is 13.6. The Labute approximate surface area is 163 Å². The van der Waals surface area contributed by atoms with Crippen molar-refractivity contribution in [3.8, 4) is 0 Å². The number of carbonyl (C=O) groups excluding carboxylic acids is 1. The number of carbonyl (C=O) groups is 1. The third-order valence-corrected chi connectivity index (χ3v) is 5.09. The Morgan fingerprint density at radius 1 is 1.21 bits per heavy atom. The molecule has 0 unspecified atom stereocenters. The van der Waals surface area contributed by atoms with Crippen LogP contribution in [0.1, 0.15) is 34.5 Å². The second kappa shape index (κ2) is 7.94. The number of ether oxygens (including phenoxy) is 1. The molecule has 1 aliphatic rings. The summed E-state index contributed by atoms with van der Waals surface area (Å²) in [7, 11) is 0. The number of amides is 1. The van der Waals surface area contributed by atoms with E-state index in [2.05, 4.69) is 10.3 Å². The lowest BCUT2D eigenvalue weighted by molar-refractivity contribution is 0.0858. The summed E-state index contributed by atoms with van der Waals surface area (Å²) >= 11 is 0. The fourth-order valence-electron chi connectivity index (χ4n) is 3.54. The van der Waals surface area contributed by atoms with Crippen molar-refractivity contribution in [1.29, 1.82) is 0 Å². The summed E-state index contributed by atoms with van der Waals surface area (Å²) in [6, 6.07) is 15.0. The van der Waals surface area contributed by atoms with Crippen LogP contribution < -0.4 is 10.9 Å². The van der Waals surface area contributed by atoms with E-state index in [9.17, 15) is 9.59 Å². The molecule has 6 heteroatoms. The normalized spacial score (nSPS) is 16.4. The highest BCUT2D eigenvalue weighted by atomic mass is 16.5. The maximum absolute atomic E-state index is 12.6. The van der Waals surface area contributed by atoms with Gasteiger partial charge in [0.05, 0.1) is 23.7 Å². The minimum Gasteiger partial charge on any atom is -0.376 e. The van der Waals surface area contributed by atoms with Gasteiger partial charge in [0.15, 0.2) is 0 Å². The number of para-hydroxylation sites is 2. The molecule has 0 spiro atoms. The molecule has 0 radical (unpaired) electrons. The molecule has 1 fully saturated rings. The summed E-state index contributed by atoms with van der Waals surface area (Å²) in [6.07, 6.45) is 2.17. The lowest BCUT2D eigenvalue weighted by Crippen LogP contribution is -2.31. The van der Waals surface area contributed by atoms with Gasteiger partial charge >= 0.3 is 0 Å². The maximum atomic E-state index is 12.6. The zero-order chi connectivity index (χ0) is 19.5. The Kier molecular flexibility index (Phi) is 5.21. The Morgan fingerprint density at radius 3 is 2.75 bits per heavy atom. The quantitative estimate of drug-likeness (QED) is 0.742. The van der Waals surface area contributed by atoms with Crippen LogP contribution >= 0.6 is 0 Å². The van der Waals surface area contributed by atoms with Gasteiger partial charge < -0.3 is 14.6 Å². The van der Waals surface area contributed by atoms with Crippen molar-refractivity contribution in [2.75, 3.05) is 13.2 Å². The smallest absolute Gasteiger partial charge is 0.272 e. The van der Waals surface area contributed by atoms with Crippen LogP contribution in [0.3, 0.4) is 0 Å². The van der Waals surface area contributed by atoms with Crippen molar-refractivity contribution in [2.24, 2.45) is 0 Å². The number of hydrogen-bond donors (Lipinski definition) is 1. The van der Waals surface area contributed by atoms with Gasteiger partial charge in [0.2, 0.25) is 0 Å². The van der Waals surface area contributed by atoms with E-state index < -0.39 is 0 Å². The van der Waals surface area contributed by atoms with E-state index in [-0.39, 0.29) is 17.6 Å². The Morgan fingerprint density at radius 2 is 2.00 bits per heavy atom. The van der Waals surface area contributed by atoms with Gasteiger partial charge in [-0.1, -0.05) is 24.3 Å². The predicted molar refractivity (Wildman–Crippen MR) is 108 cm³/mol. The molecule has 1 amide bonds. The Balaban J connectivity index is 1.50. The molecule has 2 aromatic carbocycles. The third kappa shape index (κ3) is 3.82. The van der Waals surface area contributed by atoms with Crippen molar-refractivity contribution >= 4 is 16.9 Å². The van der Waals surface area contributed by atoms with Crippen LogP contribution in [0.15, 0.2) is 53.3 Å². The van der Waals surface area contributed by atoms with Gasteiger partial charge in [-0.25, -0.2) is 4.98 Å². The molecule has 4 rings (SSSR count).